The van der Waals surface area contributed by atoms with E-state index in [1.54, 1.807) is 12.2 Å². The molecule has 302 valence electrons. The van der Waals surface area contributed by atoms with E-state index in [4.69, 9.17) is 15.0 Å². The van der Waals surface area contributed by atoms with Crippen molar-refractivity contribution in [2.45, 2.75) is 0 Å². The topological polar surface area (TPSA) is 121 Å². The van der Waals surface area contributed by atoms with Crippen LogP contribution in [0.25, 0.3) is 96.5 Å². The van der Waals surface area contributed by atoms with Gasteiger partial charge in [-0.1, -0.05) is 121 Å². The normalized spacial score (nSPS) is 14.1. The lowest BCUT2D eigenvalue weighted by Gasteiger charge is -2.11. The molecule has 5 heterocycles. The third kappa shape index (κ3) is 6.85. The molecule has 8 bridgehead atoms. The van der Waals surface area contributed by atoms with E-state index < -0.39 is 0 Å². The molecule has 64 heavy (non-hydrogen) atoms. The Morgan fingerprint density at radius 1 is 0.375 bits per heavy atom. The number of hydrogen-bond acceptors (Lipinski definition) is 6. The first-order valence-corrected chi connectivity index (χ1v) is 20.9. The number of nitrogens with zero attached hydrogens (tertiary/aromatic N) is 3. The molecular weight excluding hydrogens is 791 g/mol. The van der Waals surface area contributed by atoms with E-state index in [9.17, 15) is 14.4 Å². The van der Waals surface area contributed by atoms with Crippen molar-refractivity contribution < 1.29 is 14.4 Å². The Hall–Kier alpha value is -8.88. The molecule has 0 atom stereocenters. The highest BCUT2D eigenvalue weighted by atomic mass is 16.1. The molecule has 2 N–H and O–H groups in total. The standard InChI is InChI=1S/C56H35N5O3/c62-39-23-21-38(22-24-39)57-56-53(41-33-40(63)25-32-48(41)64)54-51(36-17-9-3-10-18-36)46-30-28-44(59-46)49(34-13-5-1-6-14-34)42-26-27-43(58-42)50(35-15-7-2-8-16-35)45-29-31-47(60-45)52(55(56)61-54)37-19-11-4-12-20-37/h1-33,58,61H. The molecule has 0 spiro atoms. The average Bonchev–Trinajstić information content (AvgIpc) is 4.17. The van der Waals surface area contributed by atoms with Gasteiger partial charge >= 0.3 is 0 Å². The summed E-state index contributed by atoms with van der Waals surface area (Å²) < 4.78 is 0. The molecule has 4 aromatic carbocycles. The number of rotatable bonds is 6. The second kappa shape index (κ2) is 15.9. The summed E-state index contributed by atoms with van der Waals surface area (Å²) in [6.07, 6.45) is 18.2. The third-order valence-electron chi connectivity index (χ3n) is 11.6. The Labute approximate surface area is 367 Å². The van der Waals surface area contributed by atoms with Crippen LogP contribution in [0, 0.1) is 0 Å². The number of fused-ring (bicyclic) bond motifs is 8. The van der Waals surface area contributed by atoms with Crippen LogP contribution in [0.4, 0.5) is 5.69 Å². The Kier molecular flexibility index (Phi) is 9.44. The number of ketones is 3. The number of hydrogen-bond donors (Lipinski definition) is 2. The predicted molar refractivity (Wildman–Crippen MR) is 258 cm³/mol. The van der Waals surface area contributed by atoms with Crippen molar-refractivity contribution in [1.29, 1.82) is 0 Å². The van der Waals surface area contributed by atoms with Gasteiger partial charge in [0.05, 0.1) is 45.2 Å². The van der Waals surface area contributed by atoms with Crippen LogP contribution in [-0.4, -0.2) is 43.0 Å². The minimum Gasteiger partial charge on any atom is -0.354 e. The molecule has 0 saturated carbocycles. The van der Waals surface area contributed by atoms with Crippen molar-refractivity contribution >= 4 is 80.7 Å². The number of aromatic amines is 2. The lowest BCUT2D eigenvalue weighted by molar-refractivity contribution is -0.113. The molecule has 11 rings (SSSR count). The lowest BCUT2D eigenvalue weighted by atomic mass is 9.92. The van der Waals surface area contributed by atoms with Crippen LogP contribution in [-0.2, 0) is 14.4 Å². The monoisotopic (exact) mass is 825 g/mol. The highest BCUT2D eigenvalue weighted by molar-refractivity contribution is 6.37. The van der Waals surface area contributed by atoms with E-state index in [1.807, 2.05) is 121 Å². The van der Waals surface area contributed by atoms with Gasteiger partial charge in [0.25, 0.3) is 0 Å². The lowest BCUT2D eigenvalue weighted by Crippen LogP contribution is -2.07. The zero-order chi connectivity index (χ0) is 43.1. The van der Waals surface area contributed by atoms with Gasteiger partial charge in [0.15, 0.2) is 17.3 Å². The van der Waals surface area contributed by atoms with Crippen molar-refractivity contribution in [1.82, 2.24) is 19.9 Å². The first-order valence-electron chi connectivity index (χ1n) is 20.9. The number of allylic oxidation sites excluding steroid dienone is 8. The van der Waals surface area contributed by atoms with Crippen molar-refractivity contribution in [3.05, 3.63) is 204 Å². The number of benzene rings is 4. The average molecular weight is 826 g/mol. The van der Waals surface area contributed by atoms with Gasteiger partial charge in [0.1, 0.15) is 0 Å². The van der Waals surface area contributed by atoms with E-state index in [2.05, 4.69) is 46.4 Å². The molecule has 8 heteroatoms. The fraction of sp³-hybridized carbons (Fsp3) is 0. The van der Waals surface area contributed by atoms with E-state index in [-0.39, 0.29) is 22.9 Å². The number of H-pyrrole nitrogens is 2. The summed E-state index contributed by atoms with van der Waals surface area (Å²) in [5.74, 6) is -0.850. The molecule has 2 aliphatic carbocycles. The zero-order valence-corrected chi connectivity index (χ0v) is 34.1. The molecular formula is C56H35N5O3. The SMILES string of the molecule is O=C1C=CC(=Nc2c(C3=CC(=O)C=CC3=O)c3[nH]c2c(-c2ccccc2)c2nc(c(-c4ccccc4)c4ccc([nH]4)c(-c4ccccc4)c4nc(c3-c3ccccc3)C=C4)C=C2)C=C1. The van der Waals surface area contributed by atoms with E-state index in [1.165, 1.54) is 30.4 Å². The highest BCUT2D eigenvalue weighted by Gasteiger charge is 2.29. The van der Waals surface area contributed by atoms with Gasteiger partial charge in [-0.15, -0.1) is 0 Å². The van der Waals surface area contributed by atoms with E-state index in [0.717, 1.165) is 55.8 Å². The van der Waals surface area contributed by atoms with Crippen LogP contribution in [0.1, 0.15) is 28.3 Å². The number of carbonyl (C=O) groups is 3. The van der Waals surface area contributed by atoms with Gasteiger partial charge in [-0.05, 0) is 101 Å². The van der Waals surface area contributed by atoms with Crippen molar-refractivity contribution in [2.24, 2.45) is 4.99 Å². The van der Waals surface area contributed by atoms with Crippen LogP contribution < -0.4 is 0 Å². The molecule has 0 radical (unpaired) electrons. The third-order valence-corrected chi connectivity index (χ3v) is 11.6. The van der Waals surface area contributed by atoms with Gasteiger partial charge in [-0.3, -0.25) is 14.4 Å². The summed E-state index contributed by atoms with van der Waals surface area (Å²) in [4.78, 5) is 63.8. The van der Waals surface area contributed by atoms with Crippen molar-refractivity contribution in [2.75, 3.05) is 0 Å². The zero-order valence-electron chi connectivity index (χ0n) is 34.1. The number of aromatic nitrogens is 4. The predicted octanol–water partition coefficient (Wildman–Crippen LogP) is 12.2. The fourth-order valence-electron chi connectivity index (χ4n) is 8.70. The first-order chi connectivity index (χ1) is 31.5. The smallest absolute Gasteiger partial charge is 0.186 e. The van der Waals surface area contributed by atoms with Gasteiger partial charge in [0, 0.05) is 44.4 Å². The number of nitrogens with one attached hydrogen (secondary N) is 2. The molecule has 7 aromatic rings. The van der Waals surface area contributed by atoms with Crippen LogP contribution in [0.2, 0.25) is 0 Å². The summed E-state index contributed by atoms with van der Waals surface area (Å²) in [7, 11) is 0. The summed E-state index contributed by atoms with van der Waals surface area (Å²) in [5.41, 5.74) is 13.8. The molecule has 3 aromatic heterocycles. The van der Waals surface area contributed by atoms with Gasteiger partial charge < -0.3 is 9.97 Å². The Bertz CT molecular complexity index is 3490. The Balaban J connectivity index is 1.43. The minimum absolute atomic E-state index is 0.165. The number of carbonyl (C=O) groups excluding carboxylic acids is 3. The summed E-state index contributed by atoms with van der Waals surface area (Å²) in [6.45, 7) is 0. The van der Waals surface area contributed by atoms with Gasteiger partial charge in [-0.25, -0.2) is 15.0 Å². The van der Waals surface area contributed by atoms with Crippen LogP contribution in [0.15, 0.2) is 181 Å². The Morgan fingerprint density at radius 3 is 1.28 bits per heavy atom. The molecule has 0 amide bonds. The summed E-state index contributed by atoms with van der Waals surface area (Å²) in [6, 6.07) is 44.4. The molecule has 4 aliphatic rings. The maximum absolute atomic E-state index is 14.3. The van der Waals surface area contributed by atoms with Crippen molar-refractivity contribution in [3.63, 3.8) is 0 Å². The first kappa shape index (κ1) is 38.1. The van der Waals surface area contributed by atoms with Crippen molar-refractivity contribution in [3.8, 4) is 44.5 Å². The van der Waals surface area contributed by atoms with Gasteiger partial charge in [-0.2, -0.15) is 0 Å². The minimum atomic E-state index is -0.355. The van der Waals surface area contributed by atoms with Crippen LogP contribution in [0.3, 0.4) is 0 Å². The molecule has 0 saturated heterocycles. The van der Waals surface area contributed by atoms with Crippen LogP contribution in [0.5, 0.6) is 0 Å². The quantitative estimate of drug-likeness (QED) is 0.162. The molecule has 8 nitrogen and oxygen atoms in total. The maximum atomic E-state index is 14.3. The molecule has 0 fully saturated rings. The highest BCUT2D eigenvalue weighted by Crippen LogP contribution is 2.46. The maximum Gasteiger partial charge on any atom is 0.186 e. The Morgan fingerprint density at radius 2 is 0.797 bits per heavy atom. The summed E-state index contributed by atoms with van der Waals surface area (Å²) in [5, 5.41) is 0. The molecule has 2 aliphatic heterocycles. The second-order valence-corrected chi connectivity index (χ2v) is 15.5. The van der Waals surface area contributed by atoms with E-state index in [0.29, 0.717) is 50.5 Å². The molecule has 0 unspecified atom stereocenters. The largest absolute Gasteiger partial charge is 0.354 e. The summed E-state index contributed by atoms with van der Waals surface area (Å²) >= 11 is 0. The van der Waals surface area contributed by atoms with E-state index >= 15 is 0 Å². The number of aliphatic imine (C=N–C) groups is 1. The van der Waals surface area contributed by atoms with Gasteiger partial charge in [0.2, 0.25) is 0 Å². The van der Waals surface area contributed by atoms with Crippen LogP contribution >= 0.6 is 0 Å². The fourth-order valence-corrected chi connectivity index (χ4v) is 8.70. The second-order valence-electron chi connectivity index (χ2n) is 15.5.